The Labute approximate surface area is 82.2 Å². The maximum atomic E-state index is 10.8. The summed E-state index contributed by atoms with van der Waals surface area (Å²) in [6, 6.07) is 0. The van der Waals surface area contributed by atoms with Crippen molar-refractivity contribution in [3.05, 3.63) is 12.7 Å². The summed E-state index contributed by atoms with van der Waals surface area (Å²) in [7, 11) is 2.49. The van der Waals surface area contributed by atoms with Gasteiger partial charge < -0.3 is 0 Å². The number of rotatable bonds is 7. The lowest BCUT2D eigenvalue weighted by Gasteiger charge is -2.06. The fourth-order valence-corrected chi connectivity index (χ4v) is 1.18. The molecule has 0 N–H and O–H groups in total. The smallest absolute Gasteiger partial charge is 0.155 e. The third-order valence-corrected chi connectivity index (χ3v) is 2.00. The highest BCUT2D eigenvalue weighted by atomic mass is 32.1. The first-order valence-electron chi connectivity index (χ1n) is 4.03. The minimum atomic E-state index is 0.142. The molecule has 0 aliphatic heterocycles. The fraction of sp³-hybridized carbons (Fsp3) is 0.625. The number of nitrogens with zero attached hydrogens (tertiary/aromatic N) is 1. The summed E-state index contributed by atoms with van der Waals surface area (Å²) in [6.45, 7) is 4.35. The van der Waals surface area contributed by atoms with Crippen LogP contribution in [0.5, 0.6) is 0 Å². The van der Waals surface area contributed by atoms with Crippen molar-refractivity contribution in [2.24, 2.45) is 0 Å². The molecular formula is C8H16NOPS. The number of carbonyl (C=O) groups is 1. The molecule has 1 unspecified atom stereocenters. The van der Waals surface area contributed by atoms with Crippen molar-refractivity contribution in [3.8, 4) is 0 Å². The summed E-state index contributed by atoms with van der Waals surface area (Å²) in [5.74, 6) is 0.142. The monoisotopic (exact) mass is 205 g/mol. The molecule has 12 heavy (non-hydrogen) atoms. The quantitative estimate of drug-likeness (QED) is 0.298. The van der Waals surface area contributed by atoms with Gasteiger partial charge in [0.2, 0.25) is 0 Å². The summed E-state index contributed by atoms with van der Waals surface area (Å²) in [5.41, 5.74) is 0. The Hall–Kier alpha value is 0.150. The first-order valence-corrected chi connectivity index (χ1v) is 4.95. The lowest BCUT2D eigenvalue weighted by Crippen LogP contribution is -1.99. The molecule has 0 heterocycles. The average molecular weight is 205 g/mol. The summed E-state index contributed by atoms with van der Waals surface area (Å²) < 4.78 is 1.77. The Morgan fingerprint density at radius 2 is 2.17 bits per heavy atom. The normalized spacial score (nSPS) is 10.2. The molecule has 0 spiro atoms. The molecule has 0 fully saturated rings. The van der Waals surface area contributed by atoms with Gasteiger partial charge in [0.1, 0.15) is 0 Å². The number of allylic oxidation sites excluding steroid dienone is 1. The summed E-state index contributed by atoms with van der Waals surface area (Å²) in [5, 5.41) is 0. The molecule has 4 heteroatoms. The van der Waals surface area contributed by atoms with Crippen molar-refractivity contribution in [1.82, 2.24) is 4.08 Å². The van der Waals surface area contributed by atoms with Gasteiger partial charge in [-0.2, -0.15) is 0 Å². The van der Waals surface area contributed by atoms with Gasteiger partial charge in [-0.1, -0.05) is 35.2 Å². The Kier molecular flexibility index (Phi) is 7.88. The Morgan fingerprint density at radius 1 is 1.50 bits per heavy atom. The number of hydrogen-bond acceptors (Lipinski definition) is 3. The number of ketones is 1. The number of carbonyl (C=O) groups excluding carboxylic acids is 1. The molecule has 0 aliphatic rings. The van der Waals surface area contributed by atoms with Gasteiger partial charge in [-0.05, 0) is 18.9 Å². The zero-order chi connectivity index (χ0) is 9.40. The van der Waals surface area contributed by atoms with Crippen LogP contribution in [0, 0.1) is 0 Å². The van der Waals surface area contributed by atoms with E-state index in [2.05, 4.69) is 28.8 Å². The van der Waals surface area contributed by atoms with E-state index in [4.69, 9.17) is 0 Å². The third-order valence-electron chi connectivity index (χ3n) is 1.54. The largest absolute Gasteiger partial charge is 0.295 e. The first kappa shape index (κ1) is 12.2. The van der Waals surface area contributed by atoms with Crippen molar-refractivity contribution in [1.29, 1.82) is 0 Å². The molecule has 0 rings (SSSR count). The summed E-state index contributed by atoms with van der Waals surface area (Å²) >= 11 is 4.07. The van der Waals surface area contributed by atoms with E-state index in [0.29, 0.717) is 6.42 Å². The standard InChI is InChI=1S/C8H16NOPS/c1-2-8(10)6-4-3-5-7-9(11)12/h2,12H,1,3-7,11H2. The van der Waals surface area contributed by atoms with Gasteiger partial charge in [0.15, 0.2) is 5.78 Å². The summed E-state index contributed by atoms with van der Waals surface area (Å²) in [4.78, 5) is 10.8. The van der Waals surface area contributed by atoms with Crippen LogP contribution in [0.25, 0.3) is 0 Å². The summed E-state index contributed by atoms with van der Waals surface area (Å²) in [6.07, 6.45) is 5.13. The molecule has 0 aromatic heterocycles. The van der Waals surface area contributed by atoms with Gasteiger partial charge in [-0.3, -0.25) is 4.79 Å². The molecule has 0 radical (unpaired) electrons. The molecule has 0 aliphatic carbocycles. The van der Waals surface area contributed by atoms with Gasteiger partial charge in [0.05, 0.1) is 0 Å². The Morgan fingerprint density at radius 3 is 2.67 bits per heavy atom. The van der Waals surface area contributed by atoms with Crippen LogP contribution in [-0.4, -0.2) is 16.4 Å². The van der Waals surface area contributed by atoms with E-state index >= 15 is 0 Å². The van der Waals surface area contributed by atoms with Crippen LogP contribution < -0.4 is 0 Å². The van der Waals surface area contributed by atoms with Crippen LogP contribution >= 0.6 is 22.2 Å². The average Bonchev–Trinajstić information content (AvgIpc) is 2.03. The molecular weight excluding hydrogens is 189 g/mol. The van der Waals surface area contributed by atoms with E-state index in [1.165, 1.54) is 6.08 Å². The van der Waals surface area contributed by atoms with E-state index in [1.807, 2.05) is 0 Å². The lowest BCUT2D eigenvalue weighted by atomic mass is 10.1. The predicted octanol–water partition coefficient (Wildman–Crippen LogP) is 2.24. The Balaban J connectivity index is 3.11. The first-order chi connectivity index (χ1) is 5.66. The van der Waals surface area contributed by atoms with Crippen molar-refractivity contribution < 1.29 is 4.79 Å². The van der Waals surface area contributed by atoms with Gasteiger partial charge in [0, 0.05) is 13.0 Å². The minimum Gasteiger partial charge on any atom is -0.295 e. The van der Waals surface area contributed by atoms with E-state index in [1.54, 1.807) is 4.08 Å². The topological polar surface area (TPSA) is 20.3 Å². The SMILES string of the molecule is C=CC(=O)CCCCCN(P)S. The second-order valence-corrected chi connectivity index (χ2v) is 4.22. The van der Waals surface area contributed by atoms with Gasteiger partial charge in [0.25, 0.3) is 0 Å². The third kappa shape index (κ3) is 8.25. The fourth-order valence-electron chi connectivity index (χ4n) is 0.852. The van der Waals surface area contributed by atoms with Crippen molar-refractivity contribution >= 4 is 28.0 Å². The predicted molar refractivity (Wildman–Crippen MR) is 59.1 cm³/mol. The van der Waals surface area contributed by atoms with Gasteiger partial charge in [-0.25, -0.2) is 4.08 Å². The molecule has 70 valence electrons. The molecule has 0 aromatic rings. The van der Waals surface area contributed by atoms with E-state index in [9.17, 15) is 4.79 Å². The van der Waals surface area contributed by atoms with Crippen LogP contribution in [0.15, 0.2) is 12.7 Å². The number of thiol groups is 1. The van der Waals surface area contributed by atoms with Gasteiger partial charge in [-0.15, -0.1) is 0 Å². The zero-order valence-corrected chi connectivity index (χ0v) is 9.25. The van der Waals surface area contributed by atoms with Crippen LogP contribution in [0.3, 0.4) is 0 Å². The maximum Gasteiger partial charge on any atom is 0.155 e. The molecule has 0 bridgehead atoms. The van der Waals surface area contributed by atoms with Crippen LogP contribution in [-0.2, 0) is 4.79 Å². The molecule has 1 atom stereocenters. The molecule has 0 amide bonds. The Bertz CT molecular complexity index is 150. The lowest BCUT2D eigenvalue weighted by molar-refractivity contribution is -0.114. The maximum absolute atomic E-state index is 10.8. The van der Waals surface area contributed by atoms with E-state index in [0.717, 1.165) is 25.8 Å². The number of hydrogen-bond donors (Lipinski definition) is 1. The van der Waals surface area contributed by atoms with Crippen molar-refractivity contribution in [2.75, 3.05) is 6.54 Å². The highest BCUT2D eigenvalue weighted by molar-refractivity contribution is 7.81. The molecule has 0 aromatic carbocycles. The molecule has 0 saturated carbocycles. The van der Waals surface area contributed by atoms with Crippen LogP contribution in [0.2, 0.25) is 0 Å². The minimum absolute atomic E-state index is 0.142. The van der Waals surface area contributed by atoms with Gasteiger partial charge >= 0.3 is 0 Å². The van der Waals surface area contributed by atoms with Crippen molar-refractivity contribution in [3.63, 3.8) is 0 Å². The second-order valence-electron chi connectivity index (χ2n) is 2.64. The molecule has 0 saturated heterocycles. The highest BCUT2D eigenvalue weighted by Crippen LogP contribution is 2.07. The number of unbranched alkanes of at least 4 members (excludes halogenated alkanes) is 2. The second kappa shape index (κ2) is 7.78. The van der Waals surface area contributed by atoms with E-state index in [-0.39, 0.29) is 5.78 Å². The van der Waals surface area contributed by atoms with Crippen LogP contribution in [0.1, 0.15) is 25.7 Å². The zero-order valence-electron chi connectivity index (χ0n) is 7.20. The highest BCUT2D eigenvalue weighted by Gasteiger charge is 1.96. The van der Waals surface area contributed by atoms with E-state index < -0.39 is 0 Å². The van der Waals surface area contributed by atoms with Crippen LogP contribution in [0.4, 0.5) is 0 Å². The molecule has 2 nitrogen and oxygen atoms in total. The van der Waals surface area contributed by atoms with Crippen molar-refractivity contribution in [2.45, 2.75) is 25.7 Å².